The normalized spacial score (nSPS) is 19.3. The van der Waals surface area contributed by atoms with Crippen LogP contribution in [0.15, 0.2) is 77.9 Å². The number of benzene rings is 3. The van der Waals surface area contributed by atoms with Crippen LogP contribution in [0.25, 0.3) is 0 Å². The lowest BCUT2D eigenvalue weighted by atomic mass is 9.95. The van der Waals surface area contributed by atoms with Gasteiger partial charge in [0.15, 0.2) is 0 Å². The molecular weight excluding hydrogens is 384 g/mol. The van der Waals surface area contributed by atoms with Crippen LogP contribution in [0.4, 0.5) is 0 Å². The quantitative estimate of drug-likeness (QED) is 0.438. The molecule has 0 unspecified atom stereocenters. The molecule has 2 aliphatic rings. The van der Waals surface area contributed by atoms with Crippen molar-refractivity contribution in [2.75, 3.05) is 6.61 Å². The van der Waals surface area contributed by atoms with Gasteiger partial charge in [-0.05, 0) is 49.2 Å². The zero-order chi connectivity index (χ0) is 21.2. The van der Waals surface area contributed by atoms with Crippen molar-refractivity contribution in [2.45, 2.75) is 45.4 Å². The number of para-hydroxylation sites is 1. The first-order valence-electron chi connectivity index (χ1n) is 11.1. The van der Waals surface area contributed by atoms with Gasteiger partial charge in [-0.15, -0.1) is 0 Å². The highest BCUT2D eigenvalue weighted by Crippen LogP contribution is 2.47. The monoisotopic (exact) mass is 412 g/mol. The Balaban J connectivity index is 1.46. The fourth-order valence-corrected chi connectivity index (χ4v) is 4.24. The molecule has 0 saturated carbocycles. The zero-order valence-electron chi connectivity index (χ0n) is 18.1. The summed E-state index contributed by atoms with van der Waals surface area (Å²) < 4.78 is 12.3. The molecule has 2 atom stereocenters. The second kappa shape index (κ2) is 8.46. The third-order valence-electron chi connectivity index (χ3n) is 6.02. The molecule has 2 aliphatic heterocycles. The molecule has 3 aromatic rings. The predicted molar refractivity (Wildman–Crippen MR) is 124 cm³/mol. The van der Waals surface area contributed by atoms with Crippen LogP contribution in [0.3, 0.4) is 0 Å². The van der Waals surface area contributed by atoms with Crippen LogP contribution in [0.1, 0.15) is 60.7 Å². The van der Waals surface area contributed by atoms with Gasteiger partial charge in [0.2, 0.25) is 6.23 Å². The van der Waals surface area contributed by atoms with Crippen molar-refractivity contribution in [3.05, 3.63) is 95.1 Å². The van der Waals surface area contributed by atoms with Crippen molar-refractivity contribution in [1.82, 2.24) is 5.01 Å². The SMILES string of the molecule is CCCCOc1ccc([C@@H]2Oc3ccccc3[C@@H]3CC(c4ccc(C)cc4)=NN32)cc1. The molecule has 0 aliphatic carbocycles. The third-order valence-corrected chi connectivity index (χ3v) is 6.02. The molecule has 31 heavy (non-hydrogen) atoms. The van der Waals surface area contributed by atoms with Gasteiger partial charge in [-0.3, -0.25) is 0 Å². The highest BCUT2D eigenvalue weighted by Gasteiger charge is 2.40. The van der Waals surface area contributed by atoms with E-state index in [2.05, 4.69) is 73.5 Å². The lowest BCUT2D eigenvalue weighted by Crippen LogP contribution is -2.33. The van der Waals surface area contributed by atoms with E-state index in [9.17, 15) is 0 Å². The van der Waals surface area contributed by atoms with Gasteiger partial charge >= 0.3 is 0 Å². The molecule has 4 heteroatoms. The molecule has 0 fully saturated rings. The molecule has 0 saturated heterocycles. The van der Waals surface area contributed by atoms with E-state index in [1.54, 1.807) is 0 Å². The summed E-state index contributed by atoms with van der Waals surface area (Å²) in [4.78, 5) is 0. The fourth-order valence-electron chi connectivity index (χ4n) is 4.24. The number of nitrogens with zero attached hydrogens (tertiary/aromatic N) is 2. The summed E-state index contributed by atoms with van der Waals surface area (Å²) in [5.74, 6) is 1.84. The summed E-state index contributed by atoms with van der Waals surface area (Å²) in [5, 5.41) is 7.17. The van der Waals surface area contributed by atoms with E-state index >= 15 is 0 Å². The average molecular weight is 413 g/mol. The van der Waals surface area contributed by atoms with Gasteiger partial charge in [-0.1, -0.05) is 61.4 Å². The third kappa shape index (κ3) is 3.90. The minimum absolute atomic E-state index is 0.173. The largest absolute Gasteiger partial charge is 0.494 e. The highest BCUT2D eigenvalue weighted by molar-refractivity contribution is 6.02. The van der Waals surface area contributed by atoms with E-state index in [1.807, 2.05) is 18.2 Å². The Kier molecular flexibility index (Phi) is 5.37. The molecular formula is C27H28N2O2. The van der Waals surface area contributed by atoms with Gasteiger partial charge in [-0.25, -0.2) is 5.01 Å². The number of ether oxygens (including phenoxy) is 2. The Morgan fingerprint density at radius 1 is 1.00 bits per heavy atom. The van der Waals surface area contributed by atoms with Crippen molar-refractivity contribution in [3.8, 4) is 11.5 Å². The lowest BCUT2D eigenvalue weighted by Gasteiger charge is -2.38. The lowest BCUT2D eigenvalue weighted by molar-refractivity contribution is -0.0190. The van der Waals surface area contributed by atoms with E-state index in [0.717, 1.165) is 48.6 Å². The second-order valence-electron chi connectivity index (χ2n) is 8.29. The first-order chi connectivity index (χ1) is 15.2. The Morgan fingerprint density at radius 3 is 2.55 bits per heavy atom. The number of hydrazone groups is 1. The second-order valence-corrected chi connectivity index (χ2v) is 8.29. The number of rotatable bonds is 6. The van der Waals surface area contributed by atoms with Gasteiger partial charge in [-0.2, -0.15) is 5.10 Å². The van der Waals surface area contributed by atoms with Crippen LogP contribution >= 0.6 is 0 Å². The van der Waals surface area contributed by atoms with Gasteiger partial charge < -0.3 is 9.47 Å². The van der Waals surface area contributed by atoms with Crippen molar-refractivity contribution >= 4 is 5.71 Å². The van der Waals surface area contributed by atoms with E-state index in [1.165, 1.54) is 16.7 Å². The van der Waals surface area contributed by atoms with E-state index in [0.29, 0.717) is 0 Å². The Morgan fingerprint density at radius 2 is 1.77 bits per heavy atom. The van der Waals surface area contributed by atoms with Crippen molar-refractivity contribution in [2.24, 2.45) is 5.10 Å². The Hall–Kier alpha value is -3.27. The van der Waals surface area contributed by atoms with E-state index < -0.39 is 0 Å². The fraction of sp³-hybridized carbons (Fsp3) is 0.296. The van der Waals surface area contributed by atoms with Crippen LogP contribution in [0, 0.1) is 6.92 Å². The molecule has 0 spiro atoms. The van der Waals surface area contributed by atoms with E-state index in [4.69, 9.17) is 14.6 Å². The topological polar surface area (TPSA) is 34.1 Å². The highest BCUT2D eigenvalue weighted by atomic mass is 16.5. The smallest absolute Gasteiger partial charge is 0.213 e. The van der Waals surface area contributed by atoms with Crippen LogP contribution in [0.5, 0.6) is 11.5 Å². The summed E-state index contributed by atoms with van der Waals surface area (Å²) in [7, 11) is 0. The van der Waals surface area contributed by atoms with E-state index in [-0.39, 0.29) is 12.3 Å². The minimum Gasteiger partial charge on any atom is -0.494 e. The van der Waals surface area contributed by atoms with Crippen molar-refractivity contribution < 1.29 is 9.47 Å². The van der Waals surface area contributed by atoms with Crippen molar-refractivity contribution in [1.29, 1.82) is 0 Å². The summed E-state index contributed by atoms with van der Waals surface area (Å²) in [6.07, 6.45) is 2.81. The van der Waals surface area contributed by atoms with Crippen LogP contribution in [-0.4, -0.2) is 17.3 Å². The molecule has 158 valence electrons. The van der Waals surface area contributed by atoms with Crippen LogP contribution in [-0.2, 0) is 0 Å². The summed E-state index contributed by atoms with van der Waals surface area (Å²) in [6.45, 7) is 5.03. The first-order valence-corrected chi connectivity index (χ1v) is 11.1. The number of unbranched alkanes of at least 4 members (excludes halogenated alkanes) is 1. The minimum atomic E-state index is -0.257. The molecule has 4 nitrogen and oxygen atoms in total. The van der Waals surface area contributed by atoms with Crippen molar-refractivity contribution in [3.63, 3.8) is 0 Å². The molecule has 0 amide bonds. The Bertz CT molecular complexity index is 1070. The van der Waals surface area contributed by atoms with Gasteiger partial charge in [0.1, 0.15) is 11.5 Å². The standard InChI is InChI=1S/C27H28N2O2/c1-3-4-17-30-22-15-13-21(14-16-22)27-29-25(23-7-5-6-8-26(23)31-27)18-24(28-29)20-11-9-19(2)10-12-20/h5-16,25,27H,3-4,17-18H2,1-2H3/t25-,27-/m0/s1. The van der Waals surface area contributed by atoms with Gasteiger partial charge in [0.05, 0.1) is 18.4 Å². The van der Waals surface area contributed by atoms with Crippen LogP contribution < -0.4 is 9.47 Å². The zero-order valence-corrected chi connectivity index (χ0v) is 18.1. The summed E-state index contributed by atoms with van der Waals surface area (Å²) >= 11 is 0. The molecule has 0 N–H and O–H groups in total. The van der Waals surface area contributed by atoms with Gasteiger partial charge in [0.25, 0.3) is 0 Å². The molecule has 0 aromatic heterocycles. The molecule has 3 aromatic carbocycles. The number of hydrogen-bond donors (Lipinski definition) is 0. The number of fused-ring (bicyclic) bond motifs is 3. The summed E-state index contributed by atoms with van der Waals surface area (Å²) in [6, 6.07) is 25.4. The molecule has 0 bridgehead atoms. The number of aryl methyl sites for hydroxylation is 1. The maximum atomic E-state index is 6.45. The van der Waals surface area contributed by atoms with Gasteiger partial charge in [0, 0.05) is 17.5 Å². The predicted octanol–water partition coefficient (Wildman–Crippen LogP) is 6.42. The molecule has 0 radical (unpaired) electrons. The average Bonchev–Trinajstić information content (AvgIpc) is 3.25. The molecule has 2 heterocycles. The Labute approximate surface area is 184 Å². The maximum absolute atomic E-state index is 6.45. The summed E-state index contributed by atoms with van der Waals surface area (Å²) in [5.41, 5.74) is 5.82. The first kappa shape index (κ1) is 19.7. The van der Waals surface area contributed by atoms with Crippen LogP contribution in [0.2, 0.25) is 0 Å². The maximum Gasteiger partial charge on any atom is 0.213 e. The molecule has 5 rings (SSSR count). The number of hydrogen-bond acceptors (Lipinski definition) is 4.